The highest BCUT2D eigenvalue weighted by atomic mass is 16.5. The molecule has 1 saturated heterocycles. The van der Waals surface area contributed by atoms with Crippen molar-refractivity contribution in [3.63, 3.8) is 0 Å². The van der Waals surface area contributed by atoms with Crippen molar-refractivity contribution < 1.29 is 19.2 Å². The number of nitrogens with zero attached hydrogens (tertiary/aromatic N) is 3. The molecule has 0 aromatic carbocycles. The third kappa shape index (κ3) is 3.20. The van der Waals surface area contributed by atoms with E-state index in [0.29, 0.717) is 37.5 Å². The number of amides is 1. The standard InChI is InChI=1S/C17H23N3O4/c1-2-14-18-15(24-19-14)13-9-5-6-10-20(13)16(21)11-7-3-4-8-12(11)17(22)23/h3-4,11-13H,2,5-10H2,1H3,(H,22,23)/t11-,12+,13+/m1/s1. The predicted octanol–water partition coefficient (Wildman–Crippen LogP) is 2.35. The topological polar surface area (TPSA) is 96.5 Å². The Kier molecular flexibility index (Phi) is 4.97. The minimum Gasteiger partial charge on any atom is -0.481 e. The number of carboxylic acids is 1. The van der Waals surface area contributed by atoms with Gasteiger partial charge in [-0.2, -0.15) is 4.98 Å². The smallest absolute Gasteiger partial charge is 0.307 e. The minimum absolute atomic E-state index is 0.104. The number of aryl methyl sites for hydroxylation is 1. The molecule has 0 unspecified atom stereocenters. The Morgan fingerprint density at radius 1 is 1.29 bits per heavy atom. The molecule has 3 rings (SSSR count). The maximum absolute atomic E-state index is 13.1. The summed E-state index contributed by atoms with van der Waals surface area (Å²) in [6.07, 6.45) is 8.00. The normalized spacial score (nSPS) is 27.2. The number of aromatic nitrogens is 2. The predicted molar refractivity (Wildman–Crippen MR) is 85.0 cm³/mol. The number of allylic oxidation sites excluding steroid dienone is 2. The van der Waals surface area contributed by atoms with Crippen LogP contribution in [0.3, 0.4) is 0 Å². The molecule has 1 amide bonds. The van der Waals surface area contributed by atoms with E-state index in [1.165, 1.54) is 0 Å². The lowest BCUT2D eigenvalue weighted by Gasteiger charge is -2.37. The van der Waals surface area contributed by atoms with Crippen LogP contribution in [0.15, 0.2) is 16.7 Å². The number of hydrogen-bond acceptors (Lipinski definition) is 5. The maximum Gasteiger partial charge on any atom is 0.307 e. The van der Waals surface area contributed by atoms with E-state index < -0.39 is 17.8 Å². The molecule has 7 heteroatoms. The molecule has 1 N–H and O–H groups in total. The molecule has 2 heterocycles. The van der Waals surface area contributed by atoms with Gasteiger partial charge in [0, 0.05) is 13.0 Å². The molecule has 1 aliphatic heterocycles. The van der Waals surface area contributed by atoms with E-state index in [1.54, 1.807) is 4.90 Å². The molecule has 24 heavy (non-hydrogen) atoms. The molecule has 1 aliphatic carbocycles. The first-order valence-electron chi connectivity index (χ1n) is 8.62. The van der Waals surface area contributed by atoms with Crippen molar-refractivity contribution in [3.05, 3.63) is 23.9 Å². The molecule has 130 valence electrons. The van der Waals surface area contributed by atoms with Gasteiger partial charge in [-0.05, 0) is 32.1 Å². The van der Waals surface area contributed by atoms with Crippen LogP contribution in [0.4, 0.5) is 0 Å². The average molecular weight is 333 g/mol. The van der Waals surface area contributed by atoms with Crippen LogP contribution in [0.2, 0.25) is 0 Å². The number of carbonyl (C=O) groups excluding carboxylic acids is 1. The first-order chi connectivity index (χ1) is 11.6. The fraction of sp³-hybridized carbons (Fsp3) is 0.647. The lowest BCUT2D eigenvalue weighted by atomic mass is 9.81. The van der Waals surface area contributed by atoms with Crippen molar-refractivity contribution in [1.29, 1.82) is 0 Å². The average Bonchev–Trinajstić information content (AvgIpc) is 3.10. The zero-order chi connectivity index (χ0) is 17.1. The lowest BCUT2D eigenvalue weighted by Crippen LogP contribution is -2.45. The van der Waals surface area contributed by atoms with Crippen LogP contribution >= 0.6 is 0 Å². The summed E-state index contributed by atoms with van der Waals surface area (Å²) in [5, 5.41) is 13.4. The van der Waals surface area contributed by atoms with Gasteiger partial charge in [0.1, 0.15) is 6.04 Å². The van der Waals surface area contributed by atoms with E-state index >= 15 is 0 Å². The maximum atomic E-state index is 13.1. The molecule has 1 fully saturated rings. The van der Waals surface area contributed by atoms with Crippen molar-refractivity contribution in [1.82, 2.24) is 15.0 Å². The van der Waals surface area contributed by atoms with Gasteiger partial charge in [0.2, 0.25) is 11.8 Å². The van der Waals surface area contributed by atoms with E-state index in [-0.39, 0.29) is 11.9 Å². The van der Waals surface area contributed by atoms with Crippen molar-refractivity contribution in [2.75, 3.05) is 6.54 Å². The van der Waals surface area contributed by atoms with Crippen molar-refractivity contribution >= 4 is 11.9 Å². The van der Waals surface area contributed by atoms with Gasteiger partial charge in [-0.15, -0.1) is 0 Å². The molecule has 3 atom stereocenters. The van der Waals surface area contributed by atoms with E-state index in [0.717, 1.165) is 19.3 Å². The Hall–Kier alpha value is -2.18. The van der Waals surface area contributed by atoms with Gasteiger partial charge in [-0.1, -0.05) is 24.2 Å². The van der Waals surface area contributed by atoms with Gasteiger partial charge in [-0.3, -0.25) is 9.59 Å². The Morgan fingerprint density at radius 3 is 2.71 bits per heavy atom. The quantitative estimate of drug-likeness (QED) is 0.850. The van der Waals surface area contributed by atoms with Crippen molar-refractivity contribution in [3.8, 4) is 0 Å². The molecule has 0 radical (unpaired) electrons. The van der Waals surface area contributed by atoms with E-state index in [2.05, 4.69) is 10.1 Å². The molecule has 1 aromatic rings. The summed E-state index contributed by atoms with van der Waals surface area (Å²) in [5.74, 6) is -1.07. The second kappa shape index (κ2) is 7.15. The van der Waals surface area contributed by atoms with Crippen LogP contribution in [0, 0.1) is 11.8 Å². The van der Waals surface area contributed by atoms with Crippen LogP contribution in [-0.2, 0) is 16.0 Å². The largest absolute Gasteiger partial charge is 0.481 e. The van der Waals surface area contributed by atoms with Gasteiger partial charge in [-0.25, -0.2) is 0 Å². The molecule has 7 nitrogen and oxygen atoms in total. The van der Waals surface area contributed by atoms with Crippen LogP contribution in [0.5, 0.6) is 0 Å². The number of rotatable bonds is 4. The number of carboxylic acid groups (broad SMARTS) is 1. The lowest BCUT2D eigenvalue weighted by molar-refractivity contribution is -0.152. The summed E-state index contributed by atoms with van der Waals surface area (Å²) in [4.78, 5) is 30.7. The summed E-state index contributed by atoms with van der Waals surface area (Å²) in [7, 11) is 0. The SMILES string of the molecule is CCc1noc([C@@H]2CCCCN2C(=O)[C@@H]2CC=CC[C@@H]2C(=O)O)n1. The third-order valence-corrected chi connectivity index (χ3v) is 4.94. The summed E-state index contributed by atoms with van der Waals surface area (Å²) in [5.41, 5.74) is 0. The zero-order valence-electron chi connectivity index (χ0n) is 13.9. The van der Waals surface area contributed by atoms with Gasteiger partial charge >= 0.3 is 5.97 Å². The molecular weight excluding hydrogens is 310 g/mol. The van der Waals surface area contributed by atoms with Gasteiger partial charge < -0.3 is 14.5 Å². The van der Waals surface area contributed by atoms with Gasteiger partial charge in [0.05, 0.1) is 11.8 Å². The highest BCUT2D eigenvalue weighted by Crippen LogP contribution is 2.35. The zero-order valence-corrected chi connectivity index (χ0v) is 13.9. The summed E-state index contributed by atoms with van der Waals surface area (Å²) in [6, 6.07) is -0.237. The van der Waals surface area contributed by atoms with Crippen LogP contribution in [-0.4, -0.2) is 38.6 Å². The molecular formula is C17H23N3O4. The highest BCUT2D eigenvalue weighted by molar-refractivity contribution is 5.85. The third-order valence-electron chi connectivity index (χ3n) is 4.94. The summed E-state index contributed by atoms with van der Waals surface area (Å²) >= 11 is 0. The number of aliphatic carboxylic acids is 1. The Balaban J connectivity index is 1.82. The summed E-state index contributed by atoms with van der Waals surface area (Å²) in [6.45, 7) is 2.56. The second-order valence-electron chi connectivity index (χ2n) is 6.44. The fourth-order valence-corrected chi connectivity index (χ4v) is 3.57. The van der Waals surface area contributed by atoms with E-state index in [9.17, 15) is 14.7 Å². The first kappa shape index (κ1) is 16.7. The number of carbonyl (C=O) groups is 2. The molecule has 1 aromatic heterocycles. The Bertz CT molecular complexity index is 640. The van der Waals surface area contributed by atoms with Gasteiger partial charge in [0.15, 0.2) is 5.82 Å². The molecule has 2 aliphatic rings. The van der Waals surface area contributed by atoms with Crippen LogP contribution in [0.1, 0.15) is 56.8 Å². The van der Waals surface area contributed by atoms with Gasteiger partial charge in [0.25, 0.3) is 0 Å². The van der Waals surface area contributed by atoms with E-state index in [4.69, 9.17) is 4.52 Å². The Labute approximate surface area is 140 Å². The molecule has 0 bridgehead atoms. The van der Waals surface area contributed by atoms with Crippen LogP contribution in [0.25, 0.3) is 0 Å². The highest BCUT2D eigenvalue weighted by Gasteiger charge is 2.40. The number of hydrogen-bond donors (Lipinski definition) is 1. The number of piperidine rings is 1. The minimum atomic E-state index is -0.905. The molecule has 0 saturated carbocycles. The number of likely N-dealkylation sites (tertiary alicyclic amines) is 1. The monoisotopic (exact) mass is 333 g/mol. The summed E-state index contributed by atoms with van der Waals surface area (Å²) < 4.78 is 5.35. The Morgan fingerprint density at radius 2 is 2.04 bits per heavy atom. The fourth-order valence-electron chi connectivity index (χ4n) is 3.57. The first-order valence-corrected chi connectivity index (χ1v) is 8.62. The van der Waals surface area contributed by atoms with E-state index in [1.807, 2.05) is 19.1 Å². The van der Waals surface area contributed by atoms with Crippen LogP contribution < -0.4 is 0 Å². The molecule has 0 spiro atoms. The van der Waals surface area contributed by atoms with Crippen molar-refractivity contribution in [2.45, 2.75) is 51.5 Å². The second-order valence-corrected chi connectivity index (χ2v) is 6.44. The van der Waals surface area contributed by atoms with Crippen molar-refractivity contribution in [2.24, 2.45) is 11.8 Å².